The van der Waals surface area contributed by atoms with Crippen molar-refractivity contribution >= 4 is 11.9 Å². The number of unbranched alkanes of at least 4 members (excludes halogenated alkanes) is 14. The number of aliphatic carboxylic acids is 2. The molecule has 1 aliphatic heterocycles. The molecule has 1 heterocycles. The molecule has 0 aliphatic carbocycles. The zero-order valence-corrected chi connectivity index (χ0v) is 20.2. The zero-order chi connectivity index (χ0) is 25.2. The molecule has 0 unspecified atom stereocenters. The van der Waals surface area contributed by atoms with Crippen molar-refractivity contribution in [3.63, 3.8) is 0 Å². The highest BCUT2D eigenvalue weighted by atomic mass is 17.2. The topological polar surface area (TPSA) is 163 Å². The minimum Gasteiger partial charge on any atom is -0.481 e. The first-order valence-corrected chi connectivity index (χ1v) is 12.8. The highest BCUT2D eigenvalue weighted by molar-refractivity contribution is 5.73. The van der Waals surface area contributed by atoms with E-state index in [4.69, 9.17) is 24.7 Å². The third-order valence-electron chi connectivity index (χ3n) is 6.09. The van der Waals surface area contributed by atoms with Crippen molar-refractivity contribution in [2.45, 2.75) is 133 Å². The molecule has 1 rings (SSSR count). The fraction of sp³-hybridized carbons (Fsp3) is 0.917. The Morgan fingerprint density at radius 3 is 1.50 bits per heavy atom. The van der Waals surface area contributed by atoms with Crippen LogP contribution in [0, 0.1) is 0 Å². The van der Waals surface area contributed by atoms with Crippen LogP contribution in [0.3, 0.4) is 0 Å². The summed E-state index contributed by atoms with van der Waals surface area (Å²) in [5.41, 5.74) is 0. The lowest BCUT2D eigenvalue weighted by Gasteiger charge is -2.37. The molecule has 0 aromatic heterocycles. The first-order valence-electron chi connectivity index (χ1n) is 12.8. The molecule has 0 aromatic rings. The Kier molecular flexibility index (Phi) is 17.1. The summed E-state index contributed by atoms with van der Waals surface area (Å²) in [6.45, 7) is 0.253. The number of aliphatic hydroxyl groups excluding tert-OH is 3. The molecular weight excluding hydrogens is 448 g/mol. The number of hydrogen-bond donors (Lipinski definition) is 5. The van der Waals surface area contributed by atoms with Crippen LogP contribution in [0.15, 0.2) is 0 Å². The van der Waals surface area contributed by atoms with Gasteiger partial charge in [-0.1, -0.05) is 83.5 Å². The number of carbonyl (C=O) groups is 2. The van der Waals surface area contributed by atoms with Gasteiger partial charge in [0.25, 0.3) is 0 Å². The monoisotopic (exact) mass is 492 g/mol. The van der Waals surface area contributed by atoms with Gasteiger partial charge < -0.3 is 30.3 Å². The second-order valence-corrected chi connectivity index (χ2v) is 9.10. The summed E-state index contributed by atoms with van der Waals surface area (Å²) in [6.07, 6.45) is 8.91. The second kappa shape index (κ2) is 19.0. The summed E-state index contributed by atoms with van der Waals surface area (Å²) in [6, 6.07) is 0. The molecule has 5 N–H and O–H groups in total. The van der Waals surface area contributed by atoms with Crippen molar-refractivity contribution in [3.05, 3.63) is 0 Å². The average Bonchev–Trinajstić information content (AvgIpc) is 2.79. The standard InChI is InChI=1S/C24H44O10/c25-18(26)16-14-12-10-8-6-4-2-1-3-5-7-9-11-13-15-17-32-34-24-21(29)19(27)20(28)22(33-24)23(30)31/h19-22,24,27-29H,1-17H2,(H,25,26)(H,30,31)/t19-,20-,21+,22-,24-/m0/s1. The van der Waals surface area contributed by atoms with E-state index >= 15 is 0 Å². The first-order chi connectivity index (χ1) is 16.3. The van der Waals surface area contributed by atoms with Crippen LogP contribution in [0.4, 0.5) is 0 Å². The number of carboxylic acid groups (broad SMARTS) is 2. The van der Waals surface area contributed by atoms with Gasteiger partial charge in [0.2, 0.25) is 6.29 Å². The summed E-state index contributed by atoms with van der Waals surface area (Å²) in [4.78, 5) is 31.3. The van der Waals surface area contributed by atoms with E-state index in [9.17, 15) is 24.9 Å². The lowest BCUT2D eigenvalue weighted by atomic mass is 9.99. The molecule has 0 radical (unpaired) electrons. The summed E-state index contributed by atoms with van der Waals surface area (Å²) in [5, 5.41) is 46.7. The van der Waals surface area contributed by atoms with E-state index in [1.807, 2.05) is 0 Å². The van der Waals surface area contributed by atoms with Crippen LogP contribution in [0.5, 0.6) is 0 Å². The first kappa shape index (κ1) is 30.7. The minimum absolute atomic E-state index is 0.253. The molecule has 0 amide bonds. The van der Waals surface area contributed by atoms with E-state index in [1.54, 1.807) is 0 Å². The molecule has 34 heavy (non-hydrogen) atoms. The molecule has 0 spiro atoms. The Morgan fingerprint density at radius 1 is 0.618 bits per heavy atom. The highest BCUT2D eigenvalue weighted by Crippen LogP contribution is 2.22. The largest absolute Gasteiger partial charge is 0.481 e. The number of rotatable bonds is 21. The zero-order valence-electron chi connectivity index (χ0n) is 20.2. The Balaban J connectivity index is 1.86. The van der Waals surface area contributed by atoms with Gasteiger partial charge in [0.05, 0.1) is 6.61 Å². The maximum absolute atomic E-state index is 11.0. The van der Waals surface area contributed by atoms with Crippen molar-refractivity contribution < 1.29 is 49.6 Å². The SMILES string of the molecule is O=C(O)CCCCCCCCCCCCCCCCCOO[C@@H]1O[C@H](C(=O)O)[C@@H](O)[C@H](O)[C@H]1O. The van der Waals surface area contributed by atoms with Crippen molar-refractivity contribution in [1.29, 1.82) is 0 Å². The molecule has 0 saturated carbocycles. The number of aliphatic hydroxyl groups is 3. The maximum atomic E-state index is 11.0. The van der Waals surface area contributed by atoms with Crippen LogP contribution in [0.25, 0.3) is 0 Å². The fourth-order valence-electron chi connectivity index (χ4n) is 3.98. The van der Waals surface area contributed by atoms with Crippen LogP contribution < -0.4 is 0 Å². The summed E-state index contributed by atoms with van der Waals surface area (Å²) in [7, 11) is 0. The van der Waals surface area contributed by atoms with Gasteiger partial charge in [-0.15, -0.1) is 0 Å². The van der Waals surface area contributed by atoms with Crippen LogP contribution in [-0.2, 0) is 24.1 Å². The Hall–Kier alpha value is -1.30. The van der Waals surface area contributed by atoms with Gasteiger partial charge in [-0.05, 0) is 12.8 Å². The predicted molar refractivity (Wildman–Crippen MR) is 123 cm³/mol. The average molecular weight is 493 g/mol. The van der Waals surface area contributed by atoms with Crippen molar-refractivity contribution in [1.82, 2.24) is 0 Å². The van der Waals surface area contributed by atoms with Gasteiger partial charge in [0.1, 0.15) is 18.3 Å². The quantitative estimate of drug-likeness (QED) is 0.0913. The molecule has 10 heteroatoms. The van der Waals surface area contributed by atoms with Gasteiger partial charge >= 0.3 is 11.9 Å². The lowest BCUT2D eigenvalue weighted by Crippen LogP contribution is -2.60. The molecule has 5 atom stereocenters. The van der Waals surface area contributed by atoms with Crippen LogP contribution >= 0.6 is 0 Å². The van der Waals surface area contributed by atoms with Gasteiger partial charge in [-0.3, -0.25) is 4.79 Å². The predicted octanol–water partition coefficient (Wildman–Crippen LogP) is 3.15. The van der Waals surface area contributed by atoms with Gasteiger partial charge in [-0.2, -0.15) is 0 Å². The molecule has 10 nitrogen and oxygen atoms in total. The van der Waals surface area contributed by atoms with E-state index in [1.165, 1.54) is 51.4 Å². The number of carboxylic acids is 2. The van der Waals surface area contributed by atoms with Crippen LogP contribution in [0.2, 0.25) is 0 Å². The normalized spacial score (nSPS) is 24.9. The third-order valence-corrected chi connectivity index (χ3v) is 6.09. The van der Waals surface area contributed by atoms with E-state index in [2.05, 4.69) is 0 Å². The molecule has 1 fully saturated rings. The minimum atomic E-state index is -1.75. The van der Waals surface area contributed by atoms with Gasteiger partial charge in [0.15, 0.2) is 6.10 Å². The summed E-state index contributed by atoms with van der Waals surface area (Å²) in [5.74, 6) is -2.16. The maximum Gasteiger partial charge on any atom is 0.335 e. The van der Waals surface area contributed by atoms with E-state index in [0.717, 1.165) is 44.9 Å². The van der Waals surface area contributed by atoms with Crippen molar-refractivity contribution in [3.8, 4) is 0 Å². The van der Waals surface area contributed by atoms with Crippen molar-refractivity contribution in [2.75, 3.05) is 6.61 Å². The van der Waals surface area contributed by atoms with E-state index in [0.29, 0.717) is 0 Å². The molecule has 1 aliphatic rings. The van der Waals surface area contributed by atoms with E-state index < -0.39 is 42.6 Å². The number of ether oxygens (including phenoxy) is 1. The van der Waals surface area contributed by atoms with Gasteiger partial charge in [0, 0.05) is 6.42 Å². The lowest BCUT2D eigenvalue weighted by molar-refractivity contribution is -0.421. The second-order valence-electron chi connectivity index (χ2n) is 9.10. The summed E-state index contributed by atoms with van der Waals surface area (Å²) >= 11 is 0. The Labute approximate surface area is 202 Å². The van der Waals surface area contributed by atoms with Gasteiger partial charge in [-0.25, -0.2) is 14.6 Å². The van der Waals surface area contributed by atoms with E-state index in [-0.39, 0.29) is 13.0 Å². The highest BCUT2D eigenvalue weighted by Gasteiger charge is 2.48. The molecule has 1 saturated heterocycles. The smallest absolute Gasteiger partial charge is 0.335 e. The van der Waals surface area contributed by atoms with Crippen LogP contribution in [-0.4, -0.2) is 74.8 Å². The molecule has 200 valence electrons. The molecular formula is C24H44O10. The summed E-state index contributed by atoms with van der Waals surface area (Å²) < 4.78 is 4.96. The fourth-order valence-corrected chi connectivity index (χ4v) is 3.98. The molecule has 0 aromatic carbocycles. The molecule has 0 bridgehead atoms. The Bertz CT molecular complexity index is 544. The van der Waals surface area contributed by atoms with Crippen molar-refractivity contribution in [2.24, 2.45) is 0 Å². The Morgan fingerprint density at radius 2 is 1.06 bits per heavy atom. The number of hydrogen-bond acceptors (Lipinski definition) is 8. The third kappa shape index (κ3) is 13.6. The van der Waals surface area contributed by atoms with Crippen LogP contribution in [0.1, 0.15) is 103 Å².